The molecule has 6 nitrogen and oxygen atoms in total. The number of amides is 1. The zero-order valence-electron chi connectivity index (χ0n) is 16.8. The van der Waals surface area contributed by atoms with Crippen LogP contribution in [-0.4, -0.2) is 49.5 Å². The van der Waals surface area contributed by atoms with Crippen molar-refractivity contribution < 1.29 is 4.79 Å². The highest BCUT2D eigenvalue weighted by Gasteiger charge is 2.13. The Bertz CT molecular complexity index is 584. The van der Waals surface area contributed by atoms with E-state index in [2.05, 4.69) is 64.1 Å². The summed E-state index contributed by atoms with van der Waals surface area (Å²) in [5.41, 5.74) is 2.24. The van der Waals surface area contributed by atoms with Crippen molar-refractivity contribution in [3.8, 4) is 0 Å². The normalized spacial score (nSPS) is 11.7. The maximum Gasteiger partial charge on any atom is 0.239 e. The van der Waals surface area contributed by atoms with Gasteiger partial charge in [-0.1, -0.05) is 31.2 Å². The number of rotatable bonds is 7. The van der Waals surface area contributed by atoms with Crippen molar-refractivity contribution in [3.63, 3.8) is 0 Å². The van der Waals surface area contributed by atoms with Crippen molar-refractivity contribution in [2.45, 2.75) is 46.3 Å². The van der Waals surface area contributed by atoms with Crippen LogP contribution in [0.1, 0.15) is 38.8 Å². The maximum absolute atomic E-state index is 11.9. The average Bonchev–Trinajstić information content (AvgIpc) is 2.53. The Balaban J connectivity index is 0.00000625. The van der Waals surface area contributed by atoms with Crippen LogP contribution in [0.5, 0.6) is 0 Å². The Morgan fingerprint density at radius 3 is 2.42 bits per heavy atom. The van der Waals surface area contributed by atoms with Gasteiger partial charge in [0.05, 0.1) is 6.54 Å². The summed E-state index contributed by atoms with van der Waals surface area (Å²) in [4.78, 5) is 18.3. The Kier molecular flexibility index (Phi) is 11.5. The summed E-state index contributed by atoms with van der Waals surface area (Å²) in [5, 5.41) is 9.19. The lowest BCUT2D eigenvalue weighted by molar-refractivity contribution is -0.121. The van der Waals surface area contributed by atoms with Crippen LogP contribution in [-0.2, 0) is 17.9 Å². The predicted octanol–water partition coefficient (Wildman–Crippen LogP) is 2.34. The van der Waals surface area contributed by atoms with E-state index < -0.39 is 0 Å². The first-order chi connectivity index (χ1) is 11.7. The number of guanidine groups is 1. The molecule has 0 aliphatic rings. The van der Waals surface area contributed by atoms with Crippen molar-refractivity contribution >= 4 is 35.8 Å². The molecule has 0 bridgehead atoms. The van der Waals surface area contributed by atoms with Crippen LogP contribution in [0, 0.1) is 0 Å². The summed E-state index contributed by atoms with van der Waals surface area (Å²) in [5.74, 6) is 0.556. The third kappa shape index (κ3) is 10.6. The van der Waals surface area contributed by atoms with E-state index in [4.69, 9.17) is 0 Å². The molecule has 0 aliphatic carbocycles. The second kappa shape index (κ2) is 12.1. The van der Waals surface area contributed by atoms with E-state index in [1.54, 1.807) is 7.05 Å². The Hall–Kier alpha value is -1.35. The van der Waals surface area contributed by atoms with Gasteiger partial charge in [0, 0.05) is 25.7 Å². The van der Waals surface area contributed by atoms with Gasteiger partial charge in [-0.05, 0) is 45.5 Å². The molecule has 0 aliphatic heterocycles. The van der Waals surface area contributed by atoms with Gasteiger partial charge in [0.25, 0.3) is 0 Å². The van der Waals surface area contributed by atoms with Gasteiger partial charge in [-0.15, -0.1) is 24.0 Å². The average molecular weight is 475 g/mol. The first-order valence-electron chi connectivity index (χ1n) is 8.75. The van der Waals surface area contributed by atoms with Crippen LogP contribution in [0.25, 0.3) is 0 Å². The highest BCUT2D eigenvalue weighted by Crippen LogP contribution is 2.07. The van der Waals surface area contributed by atoms with Crippen LogP contribution in [0.3, 0.4) is 0 Å². The monoisotopic (exact) mass is 475 g/mol. The molecule has 0 unspecified atom stereocenters. The zero-order chi connectivity index (χ0) is 18.9. The first kappa shape index (κ1) is 24.7. The number of aliphatic imine (C=N–C) groups is 1. The molecule has 7 heteroatoms. The van der Waals surface area contributed by atoms with E-state index in [1.165, 1.54) is 11.1 Å². The van der Waals surface area contributed by atoms with Crippen LogP contribution in [0.2, 0.25) is 0 Å². The minimum absolute atomic E-state index is 0. The fraction of sp³-hybridized carbons (Fsp3) is 0.579. The number of hydrogen-bond acceptors (Lipinski definition) is 3. The Morgan fingerprint density at radius 1 is 1.19 bits per heavy atom. The second-order valence-electron chi connectivity index (χ2n) is 7.23. The molecule has 0 saturated carbocycles. The van der Waals surface area contributed by atoms with Gasteiger partial charge in [-0.3, -0.25) is 9.79 Å². The third-order valence-electron chi connectivity index (χ3n) is 3.60. The quantitative estimate of drug-likeness (QED) is 0.322. The molecule has 0 heterocycles. The molecular weight excluding hydrogens is 441 g/mol. The van der Waals surface area contributed by atoms with E-state index in [9.17, 15) is 4.79 Å². The number of benzene rings is 1. The van der Waals surface area contributed by atoms with E-state index in [-0.39, 0.29) is 42.0 Å². The van der Waals surface area contributed by atoms with Crippen LogP contribution >= 0.6 is 24.0 Å². The van der Waals surface area contributed by atoms with Gasteiger partial charge in [0.1, 0.15) is 0 Å². The van der Waals surface area contributed by atoms with E-state index in [0.29, 0.717) is 12.5 Å². The van der Waals surface area contributed by atoms with E-state index in [1.807, 2.05) is 20.8 Å². The lowest BCUT2D eigenvalue weighted by Crippen LogP contribution is -2.48. The largest absolute Gasteiger partial charge is 0.352 e. The molecular formula is C19H34IN5O. The summed E-state index contributed by atoms with van der Waals surface area (Å²) >= 11 is 0. The number of halogens is 1. The number of carbonyl (C=O) groups is 1. The molecule has 0 saturated heterocycles. The zero-order valence-corrected chi connectivity index (χ0v) is 19.2. The second-order valence-corrected chi connectivity index (χ2v) is 7.23. The fourth-order valence-electron chi connectivity index (χ4n) is 2.29. The molecule has 0 radical (unpaired) electrons. The van der Waals surface area contributed by atoms with Crippen LogP contribution < -0.4 is 16.0 Å². The third-order valence-corrected chi connectivity index (χ3v) is 3.60. The molecule has 1 aromatic rings. The van der Waals surface area contributed by atoms with Crippen molar-refractivity contribution in [1.29, 1.82) is 0 Å². The summed E-state index contributed by atoms with van der Waals surface area (Å²) in [6.07, 6.45) is 0. The smallest absolute Gasteiger partial charge is 0.239 e. The number of carbonyl (C=O) groups excluding carboxylic acids is 1. The minimum Gasteiger partial charge on any atom is -0.352 e. The molecule has 0 aromatic heterocycles. The van der Waals surface area contributed by atoms with Gasteiger partial charge < -0.3 is 20.9 Å². The molecule has 0 atom stereocenters. The van der Waals surface area contributed by atoms with Gasteiger partial charge in [0.15, 0.2) is 5.96 Å². The number of nitrogens with zero attached hydrogens (tertiary/aromatic N) is 2. The summed E-state index contributed by atoms with van der Waals surface area (Å²) < 4.78 is 0. The Morgan fingerprint density at radius 2 is 1.85 bits per heavy atom. The van der Waals surface area contributed by atoms with Gasteiger partial charge in [-0.25, -0.2) is 0 Å². The number of hydrogen-bond donors (Lipinski definition) is 3. The lowest BCUT2D eigenvalue weighted by Gasteiger charge is -2.21. The molecule has 1 aromatic carbocycles. The molecule has 0 fully saturated rings. The van der Waals surface area contributed by atoms with Crippen molar-refractivity contribution in [2.75, 3.05) is 27.2 Å². The summed E-state index contributed by atoms with van der Waals surface area (Å²) in [6, 6.07) is 8.49. The van der Waals surface area contributed by atoms with Crippen LogP contribution in [0.15, 0.2) is 29.3 Å². The van der Waals surface area contributed by atoms with Crippen molar-refractivity contribution in [2.24, 2.45) is 4.99 Å². The SMILES string of the molecule is CCN(C)Cc1cccc(CNC(=NC)NCC(=O)NC(C)(C)C)c1.I. The minimum atomic E-state index is -0.234. The van der Waals surface area contributed by atoms with E-state index >= 15 is 0 Å². The van der Waals surface area contributed by atoms with Gasteiger partial charge >= 0.3 is 0 Å². The lowest BCUT2D eigenvalue weighted by atomic mass is 10.1. The molecule has 3 N–H and O–H groups in total. The molecule has 0 spiro atoms. The van der Waals surface area contributed by atoms with Crippen LogP contribution in [0.4, 0.5) is 0 Å². The maximum atomic E-state index is 11.9. The summed E-state index contributed by atoms with van der Waals surface area (Å²) in [6.45, 7) is 10.8. The highest BCUT2D eigenvalue weighted by atomic mass is 127. The van der Waals surface area contributed by atoms with Gasteiger partial charge in [-0.2, -0.15) is 0 Å². The van der Waals surface area contributed by atoms with E-state index in [0.717, 1.165) is 13.1 Å². The fourth-order valence-corrected chi connectivity index (χ4v) is 2.29. The van der Waals surface area contributed by atoms with Gasteiger partial charge in [0.2, 0.25) is 5.91 Å². The Labute approximate surface area is 175 Å². The molecule has 148 valence electrons. The van der Waals surface area contributed by atoms with Crippen molar-refractivity contribution in [1.82, 2.24) is 20.9 Å². The highest BCUT2D eigenvalue weighted by molar-refractivity contribution is 14.0. The topological polar surface area (TPSA) is 68.8 Å². The molecule has 1 amide bonds. The predicted molar refractivity (Wildman–Crippen MR) is 120 cm³/mol. The summed E-state index contributed by atoms with van der Waals surface area (Å²) in [7, 11) is 3.81. The molecule has 26 heavy (non-hydrogen) atoms. The van der Waals surface area contributed by atoms with Crippen molar-refractivity contribution in [3.05, 3.63) is 35.4 Å². The number of nitrogens with one attached hydrogen (secondary N) is 3. The molecule has 1 rings (SSSR count). The first-order valence-corrected chi connectivity index (χ1v) is 8.75. The standard InChI is InChI=1S/C19H33N5O.HI/c1-7-24(6)14-16-10-8-9-15(11-16)12-21-18(20-5)22-13-17(25)23-19(2,3)4;/h8-11H,7,12-14H2,1-6H3,(H,23,25)(H2,20,21,22);1H.